The first-order valence-electron chi connectivity index (χ1n) is 8.07. The highest BCUT2D eigenvalue weighted by molar-refractivity contribution is 5.45. The predicted molar refractivity (Wildman–Crippen MR) is 86.0 cm³/mol. The van der Waals surface area contributed by atoms with Crippen LogP contribution in [-0.4, -0.2) is 48.7 Å². The zero-order chi connectivity index (χ0) is 14.8. The molecule has 6 nitrogen and oxygen atoms in total. The molecule has 1 atom stereocenters. The summed E-state index contributed by atoms with van der Waals surface area (Å²) >= 11 is 0. The maximum absolute atomic E-state index is 4.67. The molecule has 1 saturated carbocycles. The minimum atomic E-state index is 0.620. The van der Waals surface area contributed by atoms with Crippen LogP contribution in [0.3, 0.4) is 0 Å². The summed E-state index contributed by atoms with van der Waals surface area (Å²) in [5, 5.41) is 3.05. The summed E-state index contributed by atoms with van der Waals surface area (Å²) < 4.78 is 0. The van der Waals surface area contributed by atoms with Crippen LogP contribution in [0.5, 0.6) is 0 Å². The van der Waals surface area contributed by atoms with Crippen molar-refractivity contribution in [2.75, 3.05) is 42.8 Å². The van der Waals surface area contributed by atoms with Crippen LogP contribution in [-0.2, 0) is 0 Å². The van der Waals surface area contributed by atoms with E-state index in [0.29, 0.717) is 12.0 Å². The average Bonchev–Trinajstić information content (AvgIpc) is 3.16. The number of rotatable bonds is 4. The van der Waals surface area contributed by atoms with E-state index < -0.39 is 0 Å². The second kappa shape index (κ2) is 6.03. The highest BCUT2D eigenvalue weighted by Gasteiger charge is 2.35. The van der Waals surface area contributed by atoms with E-state index in [9.17, 15) is 0 Å². The van der Waals surface area contributed by atoms with Gasteiger partial charge >= 0.3 is 0 Å². The van der Waals surface area contributed by atoms with Gasteiger partial charge in [-0.05, 0) is 31.6 Å². The number of hydrogen-bond acceptors (Lipinski definition) is 6. The minimum absolute atomic E-state index is 0.620. The summed E-state index contributed by atoms with van der Waals surface area (Å²) in [5.41, 5.74) is 0. The van der Waals surface area contributed by atoms with Crippen LogP contribution in [0.15, 0.2) is 0 Å². The van der Waals surface area contributed by atoms with Gasteiger partial charge in [0.05, 0.1) is 0 Å². The first-order valence-corrected chi connectivity index (χ1v) is 8.07. The Bertz CT molecular complexity index is 483. The molecule has 1 aromatic heterocycles. The summed E-state index contributed by atoms with van der Waals surface area (Å²) in [5.74, 6) is 3.04. The van der Waals surface area contributed by atoms with Gasteiger partial charge in [0.1, 0.15) is 0 Å². The fourth-order valence-electron chi connectivity index (χ4n) is 3.67. The van der Waals surface area contributed by atoms with Gasteiger partial charge in [0.25, 0.3) is 0 Å². The van der Waals surface area contributed by atoms with Crippen molar-refractivity contribution in [1.29, 1.82) is 0 Å². The molecule has 1 unspecified atom stereocenters. The molecule has 2 heterocycles. The zero-order valence-electron chi connectivity index (χ0n) is 13.3. The molecule has 0 amide bonds. The molecule has 2 aliphatic rings. The summed E-state index contributed by atoms with van der Waals surface area (Å²) in [6, 6.07) is 0.620. The molecule has 1 aliphatic carbocycles. The molecule has 2 fully saturated rings. The number of aromatic nitrogens is 3. The van der Waals surface area contributed by atoms with E-state index >= 15 is 0 Å². The van der Waals surface area contributed by atoms with Crippen LogP contribution in [0.25, 0.3) is 0 Å². The second-order valence-electron chi connectivity index (χ2n) is 6.35. The molecule has 1 aliphatic heterocycles. The van der Waals surface area contributed by atoms with Crippen molar-refractivity contribution in [3.05, 3.63) is 0 Å². The standard InChI is InChI=1S/C15H26N6/c1-16-13-17-14(20(2)3)19-15(18-13)21-10-6-9-12(21)11-7-4-5-8-11/h11-12H,4-10H2,1-3H3,(H,16,17,18,19). The first-order chi connectivity index (χ1) is 10.2. The molecule has 6 heteroatoms. The Morgan fingerprint density at radius 2 is 1.81 bits per heavy atom. The third kappa shape index (κ3) is 2.89. The summed E-state index contributed by atoms with van der Waals surface area (Å²) in [4.78, 5) is 18.0. The number of anilines is 3. The molecule has 116 valence electrons. The molecule has 1 aromatic rings. The molecule has 0 radical (unpaired) electrons. The lowest BCUT2D eigenvalue weighted by molar-refractivity contribution is 0.427. The first kappa shape index (κ1) is 14.4. The fourth-order valence-corrected chi connectivity index (χ4v) is 3.67. The second-order valence-corrected chi connectivity index (χ2v) is 6.35. The van der Waals surface area contributed by atoms with Gasteiger partial charge in [0, 0.05) is 33.7 Å². The molecular weight excluding hydrogens is 264 g/mol. The molecule has 1 N–H and O–H groups in total. The predicted octanol–water partition coefficient (Wildman–Crippen LogP) is 2.14. The zero-order valence-corrected chi connectivity index (χ0v) is 13.3. The highest BCUT2D eigenvalue weighted by atomic mass is 15.4. The number of nitrogens with one attached hydrogen (secondary N) is 1. The van der Waals surface area contributed by atoms with Gasteiger partial charge in [-0.25, -0.2) is 0 Å². The highest BCUT2D eigenvalue weighted by Crippen LogP contribution is 2.37. The topological polar surface area (TPSA) is 57.2 Å². The largest absolute Gasteiger partial charge is 0.357 e. The van der Waals surface area contributed by atoms with E-state index in [1.54, 1.807) is 0 Å². The van der Waals surface area contributed by atoms with Crippen molar-refractivity contribution < 1.29 is 0 Å². The van der Waals surface area contributed by atoms with Gasteiger partial charge in [0.15, 0.2) is 0 Å². The van der Waals surface area contributed by atoms with Crippen LogP contribution in [0.1, 0.15) is 38.5 Å². The molecule has 0 aromatic carbocycles. The van der Waals surface area contributed by atoms with Gasteiger partial charge in [-0.1, -0.05) is 12.8 Å². The summed E-state index contributed by atoms with van der Waals surface area (Å²) in [7, 11) is 5.80. The molecule has 1 saturated heterocycles. The van der Waals surface area contributed by atoms with Gasteiger partial charge < -0.3 is 15.1 Å². The monoisotopic (exact) mass is 290 g/mol. The van der Waals surface area contributed by atoms with Crippen molar-refractivity contribution in [2.24, 2.45) is 5.92 Å². The Hall–Kier alpha value is -1.59. The molecule has 0 spiro atoms. The van der Waals surface area contributed by atoms with E-state index in [1.807, 2.05) is 26.0 Å². The van der Waals surface area contributed by atoms with Crippen LogP contribution in [0.4, 0.5) is 17.8 Å². The molecule has 21 heavy (non-hydrogen) atoms. The van der Waals surface area contributed by atoms with Crippen molar-refractivity contribution in [3.63, 3.8) is 0 Å². The Labute approximate surface area is 127 Å². The van der Waals surface area contributed by atoms with Gasteiger partial charge in [-0.2, -0.15) is 15.0 Å². The lowest BCUT2D eigenvalue weighted by Gasteiger charge is -2.30. The van der Waals surface area contributed by atoms with Crippen LogP contribution in [0.2, 0.25) is 0 Å². The Morgan fingerprint density at radius 1 is 1.05 bits per heavy atom. The maximum atomic E-state index is 4.67. The average molecular weight is 290 g/mol. The third-order valence-electron chi connectivity index (χ3n) is 4.74. The van der Waals surface area contributed by atoms with Gasteiger partial charge in [-0.15, -0.1) is 0 Å². The van der Waals surface area contributed by atoms with E-state index in [4.69, 9.17) is 0 Å². The van der Waals surface area contributed by atoms with E-state index in [-0.39, 0.29) is 0 Å². The number of nitrogens with zero attached hydrogens (tertiary/aromatic N) is 5. The molecule has 0 bridgehead atoms. The van der Waals surface area contributed by atoms with Gasteiger partial charge in [-0.3, -0.25) is 0 Å². The van der Waals surface area contributed by atoms with E-state index in [2.05, 4.69) is 25.2 Å². The van der Waals surface area contributed by atoms with E-state index in [1.165, 1.54) is 38.5 Å². The number of hydrogen-bond donors (Lipinski definition) is 1. The molecule has 3 rings (SSSR count). The minimum Gasteiger partial charge on any atom is -0.357 e. The van der Waals surface area contributed by atoms with Crippen molar-refractivity contribution >= 4 is 17.8 Å². The maximum Gasteiger partial charge on any atom is 0.232 e. The third-order valence-corrected chi connectivity index (χ3v) is 4.74. The SMILES string of the molecule is CNc1nc(N(C)C)nc(N2CCCC2C2CCCC2)n1. The molecular formula is C15H26N6. The normalized spacial score (nSPS) is 22.8. The van der Waals surface area contributed by atoms with Crippen molar-refractivity contribution in [3.8, 4) is 0 Å². The Morgan fingerprint density at radius 3 is 2.48 bits per heavy atom. The smallest absolute Gasteiger partial charge is 0.232 e. The lowest BCUT2D eigenvalue weighted by atomic mass is 9.96. The van der Waals surface area contributed by atoms with Gasteiger partial charge in [0.2, 0.25) is 17.8 Å². The lowest BCUT2D eigenvalue weighted by Crippen LogP contribution is -2.36. The van der Waals surface area contributed by atoms with Crippen molar-refractivity contribution in [1.82, 2.24) is 15.0 Å². The Kier molecular flexibility index (Phi) is 4.12. The fraction of sp³-hybridized carbons (Fsp3) is 0.800. The van der Waals surface area contributed by atoms with Crippen LogP contribution < -0.4 is 15.1 Å². The van der Waals surface area contributed by atoms with Crippen LogP contribution in [0, 0.1) is 5.92 Å². The van der Waals surface area contributed by atoms with Crippen molar-refractivity contribution in [2.45, 2.75) is 44.6 Å². The van der Waals surface area contributed by atoms with E-state index in [0.717, 1.165) is 24.4 Å². The summed E-state index contributed by atoms with van der Waals surface area (Å²) in [6.07, 6.45) is 8.03. The quantitative estimate of drug-likeness (QED) is 0.917. The Balaban J connectivity index is 1.88. The summed E-state index contributed by atoms with van der Waals surface area (Å²) in [6.45, 7) is 1.07. The van der Waals surface area contributed by atoms with Crippen LogP contribution >= 0.6 is 0 Å².